The maximum atomic E-state index is 12.7. The Morgan fingerprint density at radius 3 is 1.89 bits per heavy atom. The van der Waals surface area contributed by atoms with E-state index < -0.39 is 12.0 Å². The van der Waals surface area contributed by atoms with Gasteiger partial charge >= 0.3 is 5.97 Å². The quantitative estimate of drug-likeness (QED) is 0.723. The minimum atomic E-state index is -0.812. The molecule has 0 bridgehead atoms. The first kappa shape index (κ1) is 17.0. The highest BCUT2D eigenvalue weighted by Crippen LogP contribution is 2.46. The molecule has 4 nitrogen and oxygen atoms in total. The van der Waals surface area contributed by atoms with E-state index in [1.54, 1.807) is 24.3 Å². The summed E-state index contributed by atoms with van der Waals surface area (Å²) in [7, 11) is 1.34. The van der Waals surface area contributed by atoms with E-state index in [-0.39, 0.29) is 11.8 Å². The molecule has 3 aromatic rings. The topological polar surface area (TPSA) is 55.4 Å². The number of methoxy groups -OCH3 is 1. The van der Waals surface area contributed by atoms with Crippen molar-refractivity contribution >= 4 is 11.9 Å². The molecule has 0 aromatic heterocycles. The molecule has 4 rings (SSSR count). The van der Waals surface area contributed by atoms with Crippen LogP contribution in [-0.2, 0) is 9.53 Å². The second kappa shape index (κ2) is 7.08. The van der Waals surface area contributed by atoms with E-state index in [4.69, 9.17) is 4.74 Å². The van der Waals surface area contributed by atoms with Gasteiger partial charge in [-0.3, -0.25) is 4.79 Å². The van der Waals surface area contributed by atoms with E-state index in [0.717, 1.165) is 22.3 Å². The number of amides is 1. The zero-order valence-electron chi connectivity index (χ0n) is 14.9. The van der Waals surface area contributed by atoms with Crippen LogP contribution in [0.25, 0.3) is 11.1 Å². The molecule has 1 aliphatic rings. The molecule has 0 radical (unpaired) electrons. The summed E-state index contributed by atoms with van der Waals surface area (Å²) < 4.78 is 5.04. The Hall–Kier alpha value is -3.40. The fraction of sp³-hybridized carbons (Fsp3) is 0.130. The van der Waals surface area contributed by atoms with Crippen LogP contribution in [0.5, 0.6) is 0 Å². The number of esters is 1. The molecule has 1 amide bonds. The first-order chi connectivity index (χ1) is 13.2. The van der Waals surface area contributed by atoms with Crippen LogP contribution in [0.1, 0.15) is 27.4 Å². The average molecular weight is 357 g/mol. The van der Waals surface area contributed by atoms with Crippen molar-refractivity contribution in [1.29, 1.82) is 0 Å². The molecule has 1 N–H and O–H groups in total. The van der Waals surface area contributed by atoms with Gasteiger partial charge in [0.15, 0.2) is 0 Å². The van der Waals surface area contributed by atoms with Crippen LogP contribution < -0.4 is 5.32 Å². The monoisotopic (exact) mass is 357 g/mol. The van der Waals surface area contributed by atoms with Gasteiger partial charge in [0.1, 0.15) is 6.04 Å². The van der Waals surface area contributed by atoms with Gasteiger partial charge < -0.3 is 10.1 Å². The summed E-state index contributed by atoms with van der Waals surface area (Å²) in [5, 5.41) is 2.89. The summed E-state index contributed by atoms with van der Waals surface area (Å²) >= 11 is 0. The highest BCUT2D eigenvalue weighted by Gasteiger charge is 2.39. The van der Waals surface area contributed by atoms with Gasteiger partial charge in [-0.15, -0.1) is 0 Å². The highest BCUT2D eigenvalue weighted by atomic mass is 16.5. The van der Waals surface area contributed by atoms with Gasteiger partial charge in [-0.05, 0) is 34.4 Å². The van der Waals surface area contributed by atoms with Gasteiger partial charge in [0, 0.05) is 11.5 Å². The maximum absolute atomic E-state index is 12.7. The molecule has 0 spiro atoms. The molecule has 0 saturated heterocycles. The SMILES string of the molecule is COC(=O)[C@H](NC(=O)c1ccccc1)C1c2ccccc2-c2ccccc21. The number of fused-ring (bicyclic) bond motifs is 3. The molecule has 3 aromatic carbocycles. The average Bonchev–Trinajstić information content (AvgIpc) is 3.06. The number of rotatable bonds is 4. The maximum Gasteiger partial charge on any atom is 0.329 e. The largest absolute Gasteiger partial charge is 0.467 e. The van der Waals surface area contributed by atoms with Crippen LogP contribution in [0.15, 0.2) is 78.9 Å². The van der Waals surface area contributed by atoms with Crippen LogP contribution in [0, 0.1) is 0 Å². The molecule has 27 heavy (non-hydrogen) atoms. The Kier molecular flexibility index (Phi) is 4.47. The molecule has 0 fully saturated rings. The molecule has 0 saturated carbocycles. The molecule has 1 atom stereocenters. The second-order valence-electron chi connectivity index (χ2n) is 6.49. The van der Waals surface area contributed by atoms with Crippen molar-refractivity contribution in [2.75, 3.05) is 7.11 Å². The number of nitrogens with one attached hydrogen (secondary N) is 1. The number of carbonyl (C=O) groups is 2. The molecule has 0 aliphatic heterocycles. The van der Waals surface area contributed by atoms with E-state index in [1.807, 2.05) is 54.6 Å². The highest BCUT2D eigenvalue weighted by molar-refractivity contribution is 5.97. The van der Waals surface area contributed by atoms with E-state index in [9.17, 15) is 9.59 Å². The Morgan fingerprint density at radius 1 is 0.815 bits per heavy atom. The number of ether oxygens (including phenoxy) is 1. The van der Waals surface area contributed by atoms with E-state index >= 15 is 0 Å². The van der Waals surface area contributed by atoms with Gasteiger partial charge in [0.25, 0.3) is 5.91 Å². The van der Waals surface area contributed by atoms with Gasteiger partial charge in [-0.1, -0.05) is 66.7 Å². The molecule has 134 valence electrons. The Balaban J connectivity index is 1.77. The third-order valence-electron chi connectivity index (χ3n) is 4.99. The Bertz CT molecular complexity index is 952. The zero-order valence-corrected chi connectivity index (χ0v) is 14.9. The molecular formula is C23H19NO3. The summed E-state index contributed by atoms with van der Waals surface area (Å²) in [5.74, 6) is -1.05. The van der Waals surface area contributed by atoms with Crippen LogP contribution in [0.3, 0.4) is 0 Å². The van der Waals surface area contributed by atoms with Gasteiger partial charge in [-0.2, -0.15) is 0 Å². The molecular weight excluding hydrogens is 338 g/mol. The number of hydrogen-bond acceptors (Lipinski definition) is 3. The summed E-state index contributed by atoms with van der Waals surface area (Å²) in [5.41, 5.74) is 4.71. The third kappa shape index (κ3) is 2.99. The van der Waals surface area contributed by atoms with E-state index in [0.29, 0.717) is 5.56 Å². The summed E-state index contributed by atoms with van der Waals surface area (Å²) in [6, 6.07) is 24.0. The van der Waals surface area contributed by atoms with Crippen molar-refractivity contribution in [2.24, 2.45) is 0 Å². The Labute approximate surface area is 157 Å². The predicted octanol–water partition coefficient (Wildman–Crippen LogP) is 3.77. The van der Waals surface area contributed by atoms with Crippen LogP contribution >= 0.6 is 0 Å². The second-order valence-corrected chi connectivity index (χ2v) is 6.49. The van der Waals surface area contributed by atoms with Crippen molar-refractivity contribution in [1.82, 2.24) is 5.32 Å². The predicted molar refractivity (Wildman–Crippen MR) is 103 cm³/mol. The van der Waals surface area contributed by atoms with E-state index in [2.05, 4.69) is 5.32 Å². The summed E-state index contributed by atoms with van der Waals surface area (Å²) in [6.45, 7) is 0. The molecule has 1 aliphatic carbocycles. The third-order valence-corrected chi connectivity index (χ3v) is 4.99. The minimum Gasteiger partial charge on any atom is -0.467 e. The van der Waals surface area contributed by atoms with Crippen LogP contribution in [0.4, 0.5) is 0 Å². The fourth-order valence-electron chi connectivity index (χ4n) is 3.77. The Morgan fingerprint density at radius 2 is 1.33 bits per heavy atom. The van der Waals surface area contributed by atoms with Gasteiger partial charge in [0.2, 0.25) is 0 Å². The molecule has 4 heteroatoms. The van der Waals surface area contributed by atoms with Crippen LogP contribution in [0.2, 0.25) is 0 Å². The minimum absolute atomic E-state index is 0.294. The molecule has 0 heterocycles. The number of hydrogen-bond donors (Lipinski definition) is 1. The van der Waals surface area contributed by atoms with Crippen molar-refractivity contribution in [3.8, 4) is 11.1 Å². The van der Waals surface area contributed by atoms with E-state index in [1.165, 1.54) is 7.11 Å². The zero-order chi connectivity index (χ0) is 18.8. The van der Waals surface area contributed by atoms with Gasteiger partial charge in [0.05, 0.1) is 7.11 Å². The van der Waals surface area contributed by atoms with Crippen molar-refractivity contribution in [3.63, 3.8) is 0 Å². The first-order valence-electron chi connectivity index (χ1n) is 8.82. The smallest absolute Gasteiger partial charge is 0.329 e. The van der Waals surface area contributed by atoms with Crippen LogP contribution in [-0.4, -0.2) is 25.0 Å². The lowest BCUT2D eigenvalue weighted by Gasteiger charge is -2.24. The first-order valence-corrected chi connectivity index (χ1v) is 8.82. The summed E-state index contributed by atoms with van der Waals surface area (Å²) in [4.78, 5) is 25.4. The normalized spacial score (nSPS) is 13.4. The number of carbonyl (C=O) groups excluding carboxylic acids is 2. The lowest BCUT2D eigenvalue weighted by molar-refractivity contribution is -0.143. The van der Waals surface area contributed by atoms with Crippen molar-refractivity contribution in [3.05, 3.63) is 95.6 Å². The standard InChI is InChI=1S/C23H19NO3/c1-27-23(26)21(24-22(25)15-9-3-2-4-10-15)20-18-13-7-5-11-16(18)17-12-6-8-14-19(17)20/h2-14,20-21H,1H3,(H,24,25)/t21-/m1/s1. The lowest BCUT2D eigenvalue weighted by atomic mass is 9.89. The van der Waals surface area contributed by atoms with Crippen molar-refractivity contribution in [2.45, 2.75) is 12.0 Å². The fourth-order valence-corrected chi connectivity index (χ4v) is 3.77. The summed E-state index contributed by atoms with van der Waals surface area (Å²) in [6.07, 6.45) is 0. The lowest BCUT2D eigenvalue weighted by Crippen LogP contribution is -2.45. The van der Waals surface area contributed by atoms with Crippen molar-refractivity contribution < 1.29 is 14.3 Å². The van der Waals surface area contributed by atoms with Gasteiger partial charge in [-0.25, -0.2) is 4.79 Å². The number of benzene rings is 3. The molecule has 0 unspecified atom stereocenters.